The molecule has 20 heavy (non-hydrogen) atoms. The second-order valence-corrected chi connectivity index (χ2v) is 6.50. The minimum absolute atomic E-state index is 0.135. The highest BCUT2D eigenvalue weighted by Crippen LogP contribution is 2.24. The van der Waals surface area contributed by atoms with Crippen LogP contribution in [0.25, 0.3) is 0 Å². The maximum Gasteiger partial charge on any atom is 0.326 e. The molecular formula is C16H32N2O2. The van der Waals surface area contributed by atoms with Gasteiger partial charge in [0.05, 0.1) is 6.61 Å². The lowest BCUT2D eigenvalue weighted by Crippen LogP contribution is -2.49. The molecule has 0 bridgehead atoms. The lowest BCUT2D eigenvalue weighted by atomic mass is 9.95. The fraction of sp³-hybridized carbons (Fsp3) is 0.938. The molecule has 1 fully saturated rings. The average Bonchev–Trinajstić information content (AvgIpc) is 2.87. The third kappa shape index (κ3) is 4.74. The number of likely N-dealkylation sites (N-methyl/N-ethyl adjacent to an activating group) is 1. The summed E-state index contributed by atoms with van der Waals surface area (Å²) in [4.78, 5) is 14.5. The Kier molecular flexibility index (Phi) is 6.96. The summed E-state index contributed by atoms with van der Waals surface area (Å²) >= 11 is 0. The Morgan fingerprint density at radius 1 is 1.50 bits per heavy atom. The highest BCUT2D eigenvalue weighted by molar-refractivity contribution is 5.80. The van der Waals surface area contributed by atoms with Gasteiger partial charge in [0.15, 0.2) is 0 Å². The number of esters is 1. The van der Waals surface area contributed by atoms with E-state index in [2.05, 4.69) is 24.1 Å². The summed E-state index contributed by atoms with van der Waals surface area (Å²) in [6, 6.07) is 0. The summed E-state index contributed by atoms with van der Waals surface area (Å²) in [5.74, 6) is 1.49. The Bertz CT molecular complexity index is 307. The molecule has 0 aliphatic carbocycles. The first kappa shape index (κ1) is 17.4. The van der Waals surface area contributed by atoms with E-state index in [1.807, 2.05) is 20.9 Å². The van der Waals surface area contributed by atoms with Crippen molar-refractivity contribution in [2.24, 2.45) is 11.8 Å². The molecule has 0 aromatic rings. The smallest absolute Gasteiger partial charge is 0.326 e. The number of nitrogens with one attached hydrogen (secondary N) is 1. The molecule has 2 atom stereocenters. The third-order valence-corrected chi connectivity index (χ3v) is 4.68. The second-order valence-electron chi connectivity index (χ2n) is 6.50. The molecule has 1 heterocycles. The van der Waals surface area contributed by atoms with Gasteiger partial charge in [0.25, 0.3) is 0 Å². The van der Waals surface area contributed by atoms with Crippen LogP contribution in [0.1, 0.15) is 47.0 Å². The predicted octanol–water partition coefficient (Wildman–Crippen LogP) is 2.29. The van der Waals surface area contributed by atoms with Crippen LogP contribution in [-0.2, 0) is 9.53 Å². The second kappa shape index (κ2) is 7.99. The summed E-state index contributed by atoms with van der Waals surface area (Å²) in [5.41, 5.74) is -0.548. The molecule has 4 nitrogen and oxygen atoms in total. The van der Waals surface area contributed by atoms with E-state index in [1.165, 1.54) is 19.5 Å². The van der Waals surface area contributed by atoms with Crippen molar-refractivity contribution in [3.63, 3.8) is 0 Å². The quantitative estimate of drug-likeness (QED) is 0.694. The molecule has 0 spiro atoms. The number of likely N-dealkylation sites (tertiary alicyclic amines) is 1. The highest BCUT2D eigenvalue weighted by Gasteiger charge is 2.33. The Balaban J connectivity index is 2.33. The Morgan fingerprint density at radius 2 is 2.20 bits per heavy atom. The minimum atomic E-state index is -0.548. The molecule has 1 rings (SSSR count). The van der Waals surface area contributed by atoms with Gasteiger partial charge in [-0.05, 0) is 65.1 Å². The van der Waals surface area contributed by atoms with Gasteiger partial charge in [-0.2, -0.15) is 0 Å². The molecule has 0 saturated carbocycles. The summed E-state index contributed by atoms with van der Waals surface area (Å²) in [7, 11) is 1.83. The zero-order valence-electron chi connectivity index (χ0n) is 13.9. The van der Waals surface area contributed by atoms with E-state index in [9.17, 15) is 4.79 Å². The van der Waals surface area contributed by atoms with Crippen LogP contribution in [-0.4, -0.2) is 49.7 Å². The largest absolute Gasteiger partial charge is 0.465 e. The van der Waals surface area contributed by atoms with E-state index >= 15 is 0 Å². The Morgan fingerprint density at radius 3 is 2.70 bits per heavy atom. The van der Waals surface area contributed by atoms with Crippen LogP contribution in [0.15, 0.2) is 0 Å². The summed E-state index contributed by atoms with van der Waals surface area (Å²) in [6.07, 6.45) is 3.17. The maximum absolute atomic E-state index is 12.0. The van der Waals surface area contributed by atoms with Crippen molar-refractivity contribution in [3.05, 3.63) is 0 Å². The van der Waals surface area contributed by atoms with E-state index in [-0.39, 0.29) is 5.97 Å². The summed E-state index contributed by atoms with van der Waals surface area (Å²) < 4.78 is 5.15. The zero-order valence-corrected chi connectivity index (χ0v) is 13.9. The lowest BCUT2D eigenvalue weighted by Gasteiger charge is -2.27. The minimum Gasteiger partial charge on any atom is -0.465 e. The topological polar surface area (TPSA) is 41.6 Å². The van der Waals surface area contributed by atoms with Gasteiger partial charge < -0.3 is 15.0 Å². The Labute approximate surface area is 124 Å². The highest BCUT2D eigenvalue weighted by atomic mass is 16.5. The van der Waals surface area contributed by atoms with Crippen molar-refractivity contribution in [2.75, 3.05) is 33.3 Å². The van der Waals surface area contributed by atoms with E-state index in [1.54, 1.807) is 0 Å². The van der Waals surface area contributed by atoms with Crippen molar-refractivity contribution in [1.29, 1.82) is 0 Å². The number of carbonyl (C=O) groups is 1. The third-order valence-electron chi connectivity index (χ3n) is 4.68. The first-order chi connectivity index (χ1) is 9.42. The SMILES string of the molecule is CCOC(=O)C(C)(CCCN1CCC(C(C)C)C1)NC. The molecular weight excluding hydrogens is 252 g/mol. The summed E-state index contributed by atoms with van der Waals surface area (Å²) in [5, 5.41) is 3.12. The lowest BCUT2D eigenvalue weighted by molar-refractivity contribution is -0.150. The molecule has 0 aromatic carbocycles. The van der Waals surface area contributed by atoms with Crippen LogP contribution >= 0.6 is 0 Å². The molecule has 0 aromatic heterocycles. The monoisotopic (exact) mass is 284 g/mol. The standard InChI is InChI=1S/C16H32N2O2/c1-6-20-15(19)16(4,17-5)9-7-10-18-11-8-14(12-18)13(2)3/h13-14,17H,6-12H2,1-5H3. The molecule has 118 valence electrons. The van der Waals surface area contributed by atoms with Gasteiger partial charge in [-0.1, -0.05) is 13.8 Å². The van der Waals surface area contributed by atoms with E-state index in [0.717, 1.165) is 31.2 Å². The van der Waals surface area contributed by atoms with Crippen molar-refractivity contribution in [2.45, 2.75) is 52.5 Å². The van der Waals surface area contributed by atoms with Crippen molar-refractivity contribution >= 4 is 5.97 Å². The number of nitrogens with zero attached hydrogens (tertiary/aromatic N) is 1. The fourth-order valence-electron chi connectivity index (χ4n) is 2.89. The number of ether oxygens (including phenoxy) is 1. The van der Waals surface area contributed by atoms with Crippen molar-refractivity contribution in [1.82, 2.24) is 10.2 Å². The van der Waals surface area contributed by atoms with Gasteiger partial charge in [0.2, 0.25) is 0 Å². The van der Waals surface area contributed by atoms with E-state index in [0.29, 0.717) is 6.61 Å². The van der Waals surface area contributed by atoms with Gasteiger partial charge in [0, 0.05) is 6.54 Å². The summed E-state index contributed by atoms with van der Waals surface area (Å²) in [6.45, 7) is 12.4. The van der Waals surface area contributed by atoms with Crippen molar-refractivity contribution in [3.8, 4) is 0 Å². The van der Waals surface area contributed by atoms with E-state index < -0.39 is 5.54 Å². The molecule has 0 amide bonds. The predicted molar refractivity (Wildman–Crippen MR) is 82.7 cm³/mol. The van der Waals surface area contributed by atoms with Crippen LogP contribution in [0.2, 0.25) is 0 Å². The van der Waals surface area contributed by atoms with Gasteiger partial charge in [-0.15, -0.1) is 0 Å². The normalized spacial score (nSPS) is 23.0. The van der Waals surface area contributed by atoms with E-state index in [4.69, 9.17) is 4.74 Å². The van der Waals surface area contributed by atoms with Gasteiger partial charge in [-0.25, -0.2) is 0 Å². The number of hydrogen-bond acceptors (Lipinski definition) is 4. The van der Waals surface area contributed by atoms with Gasteiger partial charge in [-0.3, -0.25) is 4.79 Å². The molecule has 2 unspecified atom stereocenters. The fourth-order valence-corrected chi connectivity index (χ4v) is 2.89. The van der Waals surface area contributed by atoms with Crippen molar-refractivity contribution < 1.29 is 9.53 Å². The molecule has 1 N–H and O–H groups in total. The van der Waals surface area contributed by atoms with Crippen LogP contribution in [0.5, 0.6) is 0 Å². The maximum atomic E-state index is 12.0. The zero-order chi connectivity index (χ0) is 15.2. The van der Waals surface area contributed by atoms with Gasteiger partial charge in [0.1, 0.15) is 5.54 Å². The molecule has 1 aliphatic rings. The van der Waals surface area contributed by atoms with Crippen LogP contribution in [0.3, 0.4) is 0 Å². The molecule has 0 radical (unpaired) electrons. The number of carbonyl (C=O) groups excluding carboxylic acids is 1. The molecule has 1 saturated heterocycles. The first-order valence-electron chi connectivity index (χ1n) is 8.01. The number of hydrogen-bond donors (Lipinski definition) is 1. The first-order valence-corrected chi connectivity index (χ1v) is 8.01. The van der Waals surface area contributed by atoms with Crippen LogP contribution < -0.4 is 5.32 Å². The Hall–Kier alpha value is -0.610. The van der Waals surface area contributed by atoms with Crippen LogP contribution in [0, 0.1) is 11.8 Å². The molecule has 1 aliphatic heterocycles. The van der Waals surface area contributed by atoms with Crippen LogP contribution in [0.4, 0.5) is 0 Å². The molecule has 4 heteroatoms. The van der Waals surface area contributed by atoms with Gasteiger partial charge >= 0.3 is 5.97 Å². The number of rotatable bonds is 8. The average molecular weight is 284 g/mol.